The van der Waals surface area contributed by atoms with Gasteiger partial charge in [0.1, 0.15) is 11.9 Å². The molecule has 0 bridgehead atoms. The van der Waals surface area contributed by atoms with E-state index >= 15 is 0 Å². The summed E-state index contributed by atoms with van der Waals surface area (Å²) in [5.74, 6) is 1.05. The standard InChI is InChI=1S/C16H19N7O2/c1-21-14(12(9-17)15(24)22(2)16(21)25)18-10-11-5-4-8-23(11)13-6-3-7-19-20-13/h3,6-7,11,18H,4-5,8,10H2,1-2H3/t11-/m1/s1. The topological polar surface area (TPSA) is 109 Å². The zero-order chi connectivity index (χ0) is 18.0. The molecule has 1 fully saturated rings. The first-order chi connectivity index (χ1) is 12.0. The molecule has 2 aromatic heterocycles. The van der Waals surface area contributed by atoms with Gasteiger partial charge in [-0.2, -0.15) is 10.4 Å². The van der Waals surface area contributed by atoms with Gasteiger partial charge >= 0.3 is 5.69 Å². The van der Waals surface area contributed by atoms with Crippen molar-refractivity contribution in [3.63, 3.8) is 0 Å². The summed E-state index contributed by atoms with van der Waals surface area (Å²) in [4.78, 5) is 26.4. The van der Waals surface area contributed by atoms with Gasteiger partial charge in [-0.3, -0.25) is 13.9 Å². The van der Waals surface area contributed by atoms with Crippen molar-refractivity contribution in [3.05, 3.63) is 44.7 Å². The zero-order valence-corrected chi connectivity index (χ0v) is 14.1. The van der Waals surface area contributed by atoms with Gasteiger partial charge in [-0.05, 0) is 25.0 Å². The molecule has 0 saturated carbocycles. The zero-order valence-electron chi connectivity index (χ0n) is 14.1. The molecule has 9 heteroatoms. The average Bonchev–Trinajstić information content (AvgIpc) is 3.11. The van der Waals surface area contributed by atoms with E-state index in [1.165, 1.54) is 11.6 Å². The maximum Gasteiger partial charge on any atom is 0.332 e. The van der Waals surface area contributed by atoms with Crippen LogP contribution in [-0.2, 0) is 14.1 Å². The highest BCUT2D eigenvalue weighted by Gasteiger charge is 2.26. The molecule has 25 heavy (non-hydrogen) atoms. The van der Waals surface area contributed by atoms with E-state index in [2.05, 4.69) is 20.4 Å². The van der Waals surface area contributed by atoms with Crippen LogP contribution in [0.25, 0.3) is 0 Å². The van der Waals surface area contributed by atoms with Crippen LogP contribution in [0.4, 0.5) is 11.6 Å². The van der Waals surface area contributed by atoms with Gasteiger partial charge in [0.25, 0.3) is 5.56 Å². The van der Waals surface area contributed by atoms with Crippen LogP contribution in [0.15, 0.2) is 27.9 Å². The fraction of sp³-hybridized carbons (Fsp3) is 0.438. The molecule has 3 heterocycles. The number of rotatable bonds is 4. The Morgan fingerprint density at radius 2 is 2.16 bits per heavy atom. The van der Waals surface area contributed by atoms with Gasteiger partial charge < -0.3 is 10.2 Å². The van der Waals surface area contributed by atoms with Crippen molar-refractivity contribution in [3.8, 4) is 6.07 Å². The summed E-state index contributed by atoms with van der Waals surface area (Å²) in [6.07, 6.45) is 3.59. The van der Waals surface area contributed by atoms with E-state index < -0.39 is 11.2 Å². The summed E-state index contributed by atoms with van der Waals surface area (Å²) >= 11 is 0. The van der Waals surface area contributed by atoms with E-state index in [9.17, 15) is 14.9 Å². The summed E-state index contributed by atoms with van der Waals surface area (Å²) in [6.45, 7) is 1.36. The van der Waals surface area contributed by atoms with Crippen LogP contribution in [0.2, 0.25) is 0 Å². The molecule has 1 saturated heterocycles. The predicted octanol–water partition coefficient (Wildman–Crippen LogP) is -0.173. The Morgan fingerprint density at radius 1 is 1.36 bits per heavy atom. The van der Waals surface area contributed by atoms with Crippen LogP contribution in [0.3, 0.4) is 0 Å². The minimum absolute atomic E-state index is 0.0614. The third-order valence-corrected chi connectivity index (χ3v) is 4.51. The third kappa shape index (κ3) is 2.98. The lowest BCUT2D eigenvalue weighted by molar-refractivity contribution is 0.660. The molecule has 3 rings (SSSR count). The molecule has 1 aliphatic heterocycles. The average molecular weight is 341 g/mol. The second-order valence-corrected chi connectivity index (χ2v) is 5.99. The monoisotopic (exact) mass is 341 g/mol. The summed E-state index contributed by atoms with van der Waals surface area (Å²) < 4.78 is 2.23. The molecule has 0 amide bonds. The summed E-state index contributed by atoms with van der Waals surface area (Å²) in [5.41, 5.74) is -1.12. The maximum absolute atomic E-state index is 12.1. The molecule has 9 nitrogen and oxygen atoms in total. The first kappa shape index (κ1) is 16.7. The van der Waals surface area contributed by atoms with Crippen LogP contribution in [0, 0.1) is 11.3 Å². The Labute approximate surface area is 144 Å². The van der Waals surface area contributed by atoms with Crippen LogP contribution < -0.4 is 21.5 Å². The van der Waals surface area contributed by atoms with Crippen molar-refractivity contribution in [2.24, 2.45) is 14.1 Å². The molecule has 130 valence electrons. The number of anilines is 2. The first-order valence-electron chi connectivity index (χ1n) is 8.03. The highest BCUT2D eigenvalue weighted by molar-refractivity contribution is 5.52. The van der Waals surface area contributed by atoms with E-state index in [4.69, 9.17) is 0 Å². The highest BCUT2D eigenvalue weighted by atomic mass is 16.2. The Bertz CT molecular complexity index is 926. The molecule has 1 atom stereocenters. The number of hydrogen-bond donors (Lipinski definition) is 1. The van der Waals surface area contributed by atoms with E-state index in [-0.39, 0.29) is 17.4 Å². The Morgan fingerprint density at radius 3 is 2.84 bits per heavy atom. The molecule has 0 unspecified atom stereocenters. The molecule has 2 aromatic rings. The fourth-order valence-corrected chi connectivity index (χ4v) is 3.16. The minimum atomic E-state index is -0.592. The number of hydrogen-bond acceptors (Lipinski definition) is 7. The van der Waals surface area contributed by atoms with Crippen molar-refractivity contribution in [1.29, 1.82) is 5.26 Å². The third-order valence-electron chi connectivity index (χ3n) is 4.51. The number of aromatic nitrogens is 4. The van der Waals surface area contributed by atoms with Gasteiger partial charge in [0, 0.05) is 39.4 Å². The largest absolute Gasteiger partial charge is 0.368 e. The second-order valence-electron chi connectivity index (χ2n) is 5.99. The van der Waals surface area contributed by atoms with Crippen LogP contribution >= 0.6 is 0 Å². The summed E-state index contributed by atoms with van der Waals surface area (Å²) in [5, 5.41) is 20.5. The summed E-state index contributed by atoms with van der Waals surface area (Å²) in [6, 6.07) is 5.78. The van der Waals surface area contributed by atoms with Gasteiger partial charge in [-0.1, -0.05) is 0 Å². The molecular weight excluding hydrogens is 322 g/mol. The SMILES string of the molecule is Cn1c(NC[C@H]2CCCN2c2cccnn2)c(C#N)c(=O)n(C)c1=O. The lowest BCUT2D eigenvalue weighted by Crippen LogP contribution is -2.41. The Balaban J connectivity index is 1.86. The van der Waals surface area contributed by atoms with Gasteiger partial charge in [0.05, 0.1) is 0 Å². The van der Waals surface area contributed by atoms with Crippen LogP contribution in [-0.4, -0.2) is 38.5 Å². The van der Waals surface area contributed by atoms with Gasteiger partial charge in [0.2, 0.25) is 0 Å². The summed E-state index contributed by atoms with van der Waals surface area (Å²) in [7, 11) is 2.90. The van der Waals surface area contributed by atoms with E-state index in [1.807, 2.05) is 18.2 Å². The smallest absolute Gasteiger partial charge is 0.332 e. The second kappa shape index (κ2) is 6.76. The predicted molar refractivity (Wildman–Crippen MR) is 92.5 cm³/mol. The van der Waals surface area contributed by atoms with Gasteiger partial charge in [-0.25, -0.2) is 4.79 Å². The van der Waals surface area contributed by atoms with Crippen molar-refractivity contribution in [2.75, 3.05) is 23.3 Å². The van der Waals surface area contributed by atoms with Crippen molar-refractivity contribution in [2.45, 2.75) is 18.9 Å². The quantitative estimate of drug-likeness (QED) is 0.822. The first-order valence-corrected chi connectivity index (χ1v) is 8.03. The normalized spacial score (nSPS) is 16.7. The molecule has 1 N–H and O–H groups in total. The van der Waals surface area contributed by atoms with E-state index in [1.54, 1.807) is 13.2 Å². The Hall–Kier alpha value is -3.15. The molecule has 0 aromatic carbocycles. The van der Waals surface area contributed by atoms with Crippen molar-refractivity contribution >= 4 is 11.6 Å². The van der Waals surface area contributed by atoms with Crippen LogP contribution in [0.1, 0.15) is 18.4 Å². The fourth-order valence-electron chi connectivity index (χ4n) is 3.16. The van der Waals surface area contributed by atoms with Crippen LogP contribution in [0.5, 0.6) is 0 Å². The minimum Gasteiger partial charge on any atom is -0.368 e. The van der Waals surface area contributed by atoms with Gasteiger partial charge in [-0.15, -0.1) is 5.10 Å². The number of nitrogens with zero attached hydrogens (tertiary/aromatic N) is 6. The number of nitriles is 1. The molecule has 0 radical (unpaired) electrons. The maximum atomic E-state index is 12.1. The Kier molecular flexibility index (Phi) is 4.52. The van der Waals surface area contributed by atoms with Crippen molar-refractivity contribution in [1.82, 2.24) is 19.3 Å². The van der Waals surface area contributed by atoms with Crippen molar-refractivity contribution < 1.29 is 0 Å². The highest BCUT2D eigenvalue weighted by Crippen LogP contribution is 2.23. The lowest BCUT2D eigenvalue weighted by atomic mass is 10.2. The van der Waals surface area contributed by atoms with Gasteiger partial charge in [0.15, 0.2) is 11.4 Å². The lowest BCUT2D eigenvalue weighted by Gasteiger charge is -2.26. The number of nitrogens with one attached hydrogen (secondary N) is 1. The molecular formula is C16H19N7O2. The molecule has 1 aliphatic rings. The molecule has 0 spiro atoms. The van der Waals surface area contributed by atoms with E-state index in [0.717, 1.165) is 29.8 Å². The van der Waals surface area contributed by atoms with E-state index in [0.29, 0.717) is 6.54 Å². The molecule has 0 aliphatic carbocycles.